The molecule has 1 saturated heterocycles. The average Bonchev–Trinajstić information content (AvgIpc) is 3.00. The first-order chi connectivity index (χ1) is 22.2. The largest absolute Gasteiger partial charge is 0.496 e. The minimum absolute atomic E-state index is 0.0324. The van der Waals surface area contributed by atoms with E-state index in [0.29, 0.717) is 5.69 Å². The topological polar surface area (TPSA) is 132 Å². The van der Waals surface area contributed by atoms with E-state index in [1.165, 1.54) is 47.2 Å². The predicted molar refractivity (Wildman–Crippen MR) is 171 cm³/mol. The number of halogens is 2. The van der Waals surface area contributed by atoms with Crippen LogP contribution in [0.4, 0.5) is 25.0 Å². The number of rotatable bonds is 4. The Morgan fingerprint density at radius 2 is 1.81 bits per heavy atom. The number of hydrogen-bond donors (Lipinski definition) is 1. The van der Waals surface area contributed by atoms with Gasteiger partial charge in [0.1, 0.15) is 34.6 Å². The van der Waals surface area contributed by atoms with E-state index in [4.69, 9.17) is 9.47 Å². The first-order valence-electron chi connectivity index (χ1n) is 15.2. The normalized spacial score (nSPS) is 17.8. The van der Waals surface area contributed by atoms with Gasteiger partial charge >= 0.3 is 6.09 Å². The molecule has 5 heterocycles. The summed E-state index contributed by atoms with van der Waals surface area (Å²) in [6.07, 6.45) is 2.32. The highest BCUT2D eigenvalue weighted by Crippen LogP contribution is 2.42. The second-order valence-electron chi connectivity index (χ2n) is 12.9. The van der Waals surface area contributed by atoms with Crippen molar-refractivity contribution in [3.05, 3.63) is 64.3 Å². The molecule has 12 nitrogen and oxygen atoms in total. The summed E-state index contributed by atoms with van der Waals surface area (Å²) < 4.78 is 43.6. The van der Waals surface area contributed by atoms with E-state index in [1.807, 2.05) is 13.8 Å². The Bertz CT molecular complexity index is 1990. The van der Waals surface area contributed by atoms with Crippen molar-refractivity contribution in [2.24, 2.45) is 0 Å². The van der Waals surface area contributed by atoms with Crippen molar-refractivity contribution in [2.75, 3.05) is 30.4 Å². The van der Waals surface area contributed by atoms with Gasteiger partial charge in [0.05, 0.1) is 30.6 Å². The molecule has 4 aromatic rings. The van der Waals surface area contributed by atoms with Gasteiger partial charge in [0, 0.05) is 30.4 Å². The van der Waals surface area contributed by atoms with Crippen molar-refractivity contribution >= 4 is 34.4 Å². The number of carbonyl (C=O) groups excluding carboxylic acids is 2. The standard InChI is InChI=1S/C33H35F2N7O5/c1-16(2)24-29(37-12-11-36-24)42-28-18(13-20(35)25(38-28)23-19(34)9-8-10-22(23)46-7)27-26(31(42)44)39-30(43)21-15-40(17(3)14-41(21)27)32(45)47-33(4,5)6/h8-13,16-17,21H,14-15H2,1-7H3,(H,39,43)/t17-,21-/m1/s1. The maximum Gasteiger partial charge on any atom is 0.410 e. The molecule has 1 N–H and O–H groups in total. The Hall–Kier alpha value is -5.14. The van der Waals surface area contributed by atoms with Crippen LogP contribution in [-0.2, 0) is 9.53 Å². The number of piperazine rings is 1. The van der Waals surface area contributed by atoms with Gasteiger partial charge in [0.15, 0.2) is 17.3 Å². The summed E-state index contributed by atoms with van der Waals surface area (Å²) in [6, 6.07) is 3.86. The Balaban J connectivity index is 1.64. The van der Waals surface area contributed by atoms with E-state index in [9.17, 15) is 14.4 Å². The number of fused-ring (bicyclic) bond motifs is 5. The third kappa shape index (κ3) is 5.40. The van der Waals surface area contributed by atoms with Gasteiger partial charge < -0.3 is 24.6 Å². The van der Waals surface area contributed by atoms with Gasteiger partial charge in [-0.05, 0) is 51.8 Å². The van der Waals surface area contributed by atoms with Crippen LogP contribution in [0.5, 0.6) is 5.75 Å². The Labute approximate surface area is 269 Å². The maximum atomic E-state index is 16.2. The van der Waals surface area contributed by atoms with Crippen LogP contribution in [-0.4, -0.2) is 74.3 Å². The summed E-state index contributed by atoms with van der Waals surface area (Å²) >= 11 is 0. The summed E-state index contributed by atoms with van der Waals surface area (Å²) in [5, 5.41) is 2.89. The summed E-state index contributed by atoms with van der Waals surface area (Å²) in [5.41, 5.74) is -1.50. The molecule has 47 heavy (non-hydrogen) atoms. The molecule has 14 heteroatoms. The molecule has 3 aromatic heterocycles. The number of carbonyl (C=O) groups is 2. The fourth-order valence-corrected chi connectivity index (χ4v) is 6.10. The molecule has 0 radical (unpaired) electrons. The molecule has 2 aliphatic heterocycles. The number of nitrogens with one attached hydrogen (secondary N) is 1. The van der Waals surface area contributed by atoms with Crippen molar-refractivity contribution in [1.82, 2.24) is 24.4 Å². The number of anilines is 2. The molecular formula is C33H35F2N7O5. The number of nitrogens with zero attached hydrogens (tertiary/aromatic N) is 6. The monoisotopic (exact) mass is 647 g/mol. The van der Waals surface area contributed by atoms with E-state index in [1.54, 1.807) is 32.6 Å². The molecule has 0 spiro atoms. The minimum atomic E-state index is -0.929. The molecule has 246 valence electrons. The maximum absolute atomic E-state index is 16.2. The van der Waals surface area contributed by atoms with Gasteiger partial charge in [0.2, 0.25) is 5.91 Å². The number of amides is 2. The Kier molecular flexibility index (Phi) is 7.84. The van der Waals surface area contributed by atoms with E-state index >= 15 is 8.78 Å². The van der Waals surface area contributed by atoms with E-state index in [2.05, 4.69) is 20.3 Å². The van der Waals surface area contributed by atoms with Crippen molar-refractivity contribution < 1.29 is 27.8 Å². The van der Waals surface area contributed by atoms with Gasteiger partial charge in [-0.1, -0.05) is 19.9 Å². The van der Waals surface area contributed by atoms with E-state index in [0.717, 1.165) is 6.07 Å². The molecule has 1 aromatic carbocycles. The number of pyridine rings is 2. The van der Waals surface area contributed by atoms with Crippen LogP contribution >= 0.6 is 0 Å². The van der Waals surface area contributed by atoms with Gasteiger partial charge in [-0.3, -0.25) is 14.6 Å². The van der Waals surface area contributed by atoms with E-state index in [-0.39, 0.29) is 64.2 Å². The average molecular weight is 648 g/mol. The fraction of sp³-hybridized carbons (Fsp3) is 0.394. The summed E-state index contributed by atoms with van der Waals surface area (Å²) in [5.74, 6) is -2.20. The molecule has 2 aliphatic rings. The predicted octanol–water partition coefficient (Wildman–Crippen LogP) is 5.02. The van der Waals surface area contributed by atoms with Crippen molar-refractivity contribution in [2.45, 2.75) is 65.1 Å². The lowest BCUT2D eigenvalue weighted by Gasteiger charge is -2.48. The van der Waals surface area contributed by atoms with Gasteiger partial charge in [-0.15, -0.1) is 0 Å². The quantitative estimate of drug-likeness (QED) is 0.324. The first kappa shape index (κ1) is 31.8. The molecule has 0 saturated carbocycles. The van der Waals surface area contributed by atoms with Crippen LogP contribution in [0.1, 0.15) is 53.2 Å². The SMILES string of the molecule is COc1cccc(F)c1-c1nc2c(cc1F)c1c(c(=O)n2-c2nccnc2C(C)C)NC(=O)[C@H]2CN(C(=O)OC(C)(C)C)[C@H](C)CN12. The summed E-state index contributed by atoms with van der Waals surface area (Å²) in [6.45, 7) is 10.9. The second kappa shape index (κ2) is 11.6. The minimum Gasteiger partial charge on any atom is -0.496 e. The summed E-state index contributed by atoms with van der Waals surface area (Å²) in [7, 11) is 1.33. The Morgan fingerprint density at radius 3 is 2.49 bits per heavy atom. The molecule has 2 atom stereocenters. The van der Waals surface area contributed by atoms with Crippen LogP contribution < -0.4 is 20.5 Å². The van der Waals surface area contributed by atoms with Gasteiger partial charge in [0.25, 0.3) is 5.56 Å². The van der Waals surface area contributed by atoms with Crippen molar-refractivity contribution in [3.63, 3.8) is 0 Å². The lowest BCUT2D eigenvalue weighted by molar-refractivity contribution is -0.118. The smallest absolute Gasteiger partial charge is 0.410 e. The third-order valence-electron chi connectivity index (χ3n) is 8.18. The van der Waals surface area contributed by atoms with Crippen LogP contribution in [0.15, 0.2) is 41.5 Å². The highest BCUT2D eigenvalue weighted by Gasteiger charge is 2.45. The lowest BCUT2D eigenvalue weighted by atomic mass is 9.99. The number of benzene rings is 1. The number of hydrogen-bond acceptors (Lipinski definition) is 9. The number of ether oxygens (including phenoxy) is 2. The highest BCUT2D eigenvalue weighted by molar-refractivity contribution is 6.10. The van der Waals surface area contributed by atoms with Crippen molar-refractivity contribution in [1.29, 1.82) is 0 Å². The van der Waals surface area contributed by atoms with E-state index < -0.39 is 46.9 Å². The fourth-order valence-electron chi connectivity index (χ4n) is 6.10. The highest BCUT2D eigenvalue weighted by atomic mass is 19.1. The molecule has 0 unspecified atom stereocenters. The first-order valence-corrected chi connectivity index (χ1v) is 15.2. The van der Waals surface area contributed by atoms with Crippen LogP contribution in [0, 0.1) is 11.6 Å². The molecule has 1 fully saturated rings. The molecule has 0 bridgehead atoms. The molecule has 0 aliphatic carbocycles. The molecular weight excluding hydrogens is 612 g/mol. The zero-order valence-electron chi connectivity index (χ0n) is 27.1. The van der Waals surface area contributed by atoms with Crippen LogP contribution in [0.3, 0.4) is 0 Å². The van der Waals surface area contributed by atoms with Gasteiger partial charge in [-0.2, -0.15) is 0 Å². The zero-order chi connectivity index (χ0) is 33.9. The number of methoxy groups -OCH3 is 1. The summed E-state index contributed by atoms with van der Waals surface area (Å²) in [4.78, 5) is 57.9. The number of aromatic nitrogens is 4. The Morgan fingerprint density at radius 1 is 1.09 bits per heavy atom. The van der Waals surface area contributed by atoms with Crippen molar-refractivity contribution in [3.8, 4) is 22.8 Å². The lowest BCUT2D eigenvalue weighted by Crippen LogP contribution is -2.65. The third-order valence-corrected chi connectivity index (χ3v) is 8.18. The zero-order valence-corrected chi connectivity index (χ0v) is 27.1. The second-order valence-corrected chi connectivity index (χ2v) is 12.9. The molecule has 6 rings (SSSR count). The molecule has 2 amide bonds. The van der Waals surface area contributed by atoms with Crippen LogP contribution in [0.2, 0.25) is 0 Å². The van der Waals surface area contributed by atoms with Crippen LogP contribution in [0.25, 0.3) is 28.1 Å². The van der Waals surface area contributed by atoms with Gasteiger partial charge in [-0.25, -0.2) is 28.1 Å².